The smallest absolute Gasteiger partial charge is 0.255 e. The number of aromatic nitrogens is 3. The molecule has 0 aliphatic rings. The van der Waals surface area contributed by atoms with Crippen molar-refractivity contribution < 1.29 is 13.2 Å². The molecule has 0 saturated carbocycles. The zero-order chi connectivity index (χ0) is 12.5. The fourth-order valence-corrected chi connectivity index (χ4v) is 1.21. The minimum absolute atomic E-state index is 0.0539. The summed E-state index contributed by atoms with van der Waals surface area (Å²) >= 11 is 0. The van der Waals surface area contributed by atoms with Gasteiger partial charge in [0, 0.05) is 5.56 Å². The molecular formula is C10H5F3N4. The Kier molecular flexibility index (Phi) is 2.55. The summed E-state index contributed by atoms with van der Waals surface area (Å²) in [5.74, 6) is -1.20. The van der Waals surface area contributed by atoms with Crippen LogP contribution in [-0.4, -0.2) is 15.2 Å². The molecular weight excluding hydrogens is 233 g/mol. The highest BCUT2D eigenvalue weighted by atomic mass is 19.4. The molecule has 0 fully saturated rings. The Morgan fingerprint density at radius 2 is 1.82 bits per heavy atom. The molecule has 86 valence electrons. The average Bonchev–Trinajstić information content (AvgIpc) is 2.78. The highest BCUT2D eigenvalue weighted by molar-refractivity contribution is 5.56. The molecule has 0 bridgehead atoms. The first-order valence-corrected chi connectivity index (χ1v) is 4.51. The lowest BCUT2D eigenvalue weighted by atomic mass is 10.1. The van der Waals surface area contributed by atoms with Gasteiger partial charge in [-0.05, 0) is 24.3 Å². The van der Waals surface area contributed by atoms with Gasteiger partial charge in [-0.15, -0.1) is 0 Å². The number of halogens is 3. The van der Waals surface area contributed by atoms with Crippen LogP contribution >= 0.6 is 0 Å². The van der Waals surface area contributed by atoms with Gasteiger partial charge in [0.2, 0.25) is 5.82 Å². The van der Waals surface area contributed by atoms with Crippen molar-refractivity contribution in [1.29, 1.82) is 5.26 Å². The van der Waals surface area contributed by atoms with Gasteiger partial charge in [-0.25, -0.2) is 4.98 Å². The normalized spacial score (nSPS) is 11.2. The number of hydrogen-bond donors (Lipinski definition) is 1. The highest BCUT2D eigenvalue weighted by Crippen LogP contribution is 2.27. The van der Waals surface area contributed by atoms with Gasteiger partial charge in [-0.1, -0.05) is 0 Å². The van der Waals surface area contributed by atoms with Crippen LogP contribution in [0.15, 0.2) is 24.3 Å². The fraction of sp³-hybridized carbons (Fsp3) is 0.100. The van der Waals surface area contributed by atoms with E-state index in [-0.39, 0.29) is 5.82 Å². The molecule has 0 aliphatic heterocycles. The summed E-state index contributed by atoms with van der Waals surface area (Å²) in [5, 5.41) is 13.9. The molecule has 1 aromatic carbocycles. The van der Waals surface area contributed by atoms with Crippen LogP contribution in [0.4, 0.5) is 13.2 Å². The van der Waals surface area contributed by atoms with Crippen LogP contribution in [0.25, 0.3) is 11.4 Å². The standard InChI is InChI=1S/C10H5F3N4/c11-10(12,13)9-15-8(16-17-9)7-3-1-6(5-14)2-4-7/h1-4H,(H,15,16,17). The molecule has 1 aromatic heterocycles. The number of benzene rings is 1. The molecule has 0 saturated heterocycles. The van der Waals surface area contributed by atoms with Crippen LogP contribution in [0.1, 0.15) is 11.4 Å². The predicted octanol–water partition coefficient (Wildman–Crippen LogP) is 2.36. The number of aromatic amines is 1. The van der Waals surface area contributed by atoms with E-state index >= 15 is 0 Å². The lowest BCUT2D eigenvalue weighted by molar-refractivity contribution is -0.144. The Hall–Kier alpha value is -2.36. The van der Waals surface area contributed by atoms with Crippen molar-refractivity contribution in [3.63, 3.8) is 0 Å². The molecule has 0 aliphatic carbocycles. The van der Waals surface area contributed by atoms with Crippen molar-refractivity contribution in [3.05, 3.63) is 35.7 Å². The van der Waals surface area contributed by atoms with Crippen molar-refractivity contribution in [2.24, 2.45) is 0 Å². The van der Waals surface area contributed by atoms with Gasteiger partial charge in [0.25, 0.3) is 0 Å². The molecule has 1 heterocycles. The summed E-state index contributed by atoms with van der Waals surface area (Å²) in [6.07, 6.45) is -4.54. The van der Waals surface area contributed by atoms with Gasteiger partial charge < -0.3 is 0 Å². The summed E-state index contributed by atoms with van der Waals surface area (Å²) < 4.78 is 36.8. The lowest BCUT2D eigenvalue weighted by Gasteiger charge is -1.98. The van der Waals surface area contributed by atoms with Crippen LogP contribution in [0.2, 0.25) is 0 Å². The van der Waals surface area contributed by atoms with Gasteiger partial charge in [0.1, 0.15) is 0 Å². The molecule has 0 unspecified atom stereocenters. The monoisotopic (exact) mass is 238 g/mol. The molecule has 1 N–H and O–H groups in total. The van der Waals surface area contributed by atoms with Crippen LogP contribution in [0.3, 0.4) is 0 Å². The third-order valence-corrected chi connectivity index (χ3v) is 2.03. The molecule has 2 aromatic rings. The first-order valence-electron chi connectivity index (χ1n) is 4.51. The topological polar surface area (TPSA) is 65.4 Å². The number of nitrogens with zero attached hydrogens (tertiary/aromatic N) is 3. The van der Waals surface area contributed by atoms with Crippen LogP contribution in [0, 0.1) is 11.3 Å². The van der Waals surface area contributed by atoms with Crippen LogP contribution in [0.5, 0.6) is 0 Å². The van der Waals surface area contributed by atoms with E-state index in [9.17, 15) is 13.2 Å². The molecule has 2 rings (SSSR count). The predicted molar refractivity (Wildman–Crippen MR) is 51.5 cm³/mol. The summed E-state index contributed by atoms with van der Waals surface area (Å²) in [7, 11) is 0. The van der Waals surface area contributed by atoms with E-state index in [4.69, 9.17) is 5.26 Å². The third-order valence-electron chi connectivity index (χ3n) is 2.03. The SMILES string of the molecule is N#Cc1ccc(-c2n[nH]c(C(F)(F)F)n2)cc1. The second-order valence-corrected chi connectivity index (χ2v) is 3.19. The number of H-pyrrole nitrogens is 1. The molecule has 0 amide bonds. The minimum Gasteiger partial charge on any atom is -0.255 e. The van der Waals surface area contributed by atoms with E-state index in [1.54, 1.807) is 0 Å². The van der Waals surface area contributed by atoms with E-state index < -0.39 is 12.0 Å². The van der Waals surface area contributed by atoms with Crippen LogP contribution in [-0.2, 0) is 6.18 Å². The molecule has 0 spiro atoms. The fourth-order valence-electron chi connectivity index (χ4n) is 1.21. The van der Waals surface area contributed by atoms with Gasteiger partial charge in [0.15, 0.2) is 5.82 Å². The van der Waals surface area contributed by atoms with Crippen molar-refractivity contribution in [2.75, 3.05) is 0 Å². The Balaban J connectivity index is 2.34. The largest absolute Gasteiger partial charge is 0.451 e. The Labute approximate surface area is 93.7 Å². The van der Waals surface area contributed by atoms with Crippen LogP contribution < -0.4 is 0 Å². The minimum atomic E-state index is -4.54. The zero-order valence-corrected chi connectivity index (χ0v) is 8.28. The summed E-state index contributed by atoms with van der Waals surface area (Å²) in [5.41, 5.74) is 0.830. The lowest BCUT2D eigenvalue weighted by Crippen LogP contribution is -2.07. The first kappa shape index (κ1) is 11.1. The summed E-state index contributed by atoms with van der Waals surface area (Å²) in [6.45, 7) is 0. The van der Waals surface area contributed by atoms with E-state index in [1.807, 2.05) is 11.2 Å². The number of hydrogen-bond acceptors (Lipinski definition) is 3. The maximum atomic E-state index is 12.3. The average molecular weight is 238 g/mol. The highest BCUT2D eigenvalue weighted by Gasteiger charge is 2.35. The second kappa shape index (κ2) is 3.90. The Morgan fingerprint density at radius 1 is 1.18 bits per heavy atom. The van der Waals surface area contributed by atoms with E-state index in [1.165, 1.54) is 24.3 Å². The van der Waals surface area contributed by atoms with Crippen molar-refractivity contribution >= 4 is 0 Å². The Bertz CT molecular complexity index is 562. The maximum absolute atomic E-state index is 12.3. The molecule has 0 atom stereocenters. The van der Waals surface area contributed by atoms with E-state index in [0.29, 0.717) is 11.1 Å². The number of nitriles is 1. The van der Waals surface area contributed by atoms with Crippen molar-refractivity contribution in [3.8, 4) is 17.5 Å². The van der Waals surface area contributed by atoms with E-state index in [0.717, 1.165) is 0 Å². The first-order chi connectivity index (χ1) is 8.00. The summed E-state index contributed by atoms with van der Waals surface area (Å²) in [4.78, 5) is 3.33. The van der Waals surface area contributed by atoms with Gasteiger partial charge >= 0.3 is 6.18 Å². The Morgan fingerprint density at radius 3 is 2.29 bits per heavy atom. The molecule has 4 nitrogen and oxygen atoms in total. The molecule has 0 radical (unpaired) electrons. The maximum Gasteiger partial charge on any atom is 0.451 e. The number of alkyl halides is 3. The number of nitrogens with one attached hydrogen (secondary N) is 1. The van der Waals surface area contributed by atoms with Gasteiger partial charge in [-0.3, -0.25) is 5.10 Å². The second-order valence-electron chi connectivity index (χ2n) is 3.19. The van der Waals surface area contributed by atoms with E-state index in [2.05, 4.69) is 10.1 Å². The van der Waals surface area contributed by atoms with Gasteiger partial charge in [0.05, 0.1) is 11.6 Å². The molecule has 7 heteroatoms. The van der Waals surface area contributed by atoms with Gasteiger partial charge in [-0.2, -0.15) is 23.5 Å². The van der Waals surface area contributed by atoms with Crippen molar-refractivity contribution in [1.82, 2.24) is 15.2 Å². The third kappa shape index (κ3) is 2.25. The quantitative estimate of drug-likeness (QED) is 0.829. The van der Waals surface area contributed by atoms with Crippen molar-refractivity contribution in [2.45, 2.75) is 6.18 Å². The zero-order valence-electron chi connectivity index (χ0n) is 8.28. The molecule has 17 heavy (non-hydrogen) atoms. The number of rotatable bonds is 1. The summed E-state index contributed by atoms with van der Waals surface area (Å²) in [6, 6.07) is 7.85.